The van der Waals surface area contributed by atoms with Crippen molar-refractivity contribution in [3.8, 4) is 5.75 Å². The maximum Gasteiger partial charge on any atom is 0.573 e. The molecule has 1 amide bonds. The number of hydrogen-bond acceptors (Lipinski definition) is 5. The predicted octanol–water partition coefficient (Wildman–Crippen LogP) is 1.60. The molecule has 0 saturated carbocycles. The fourth-order valence-corrected chi connectivity index (χ4v) is 4.92. The number of hydrogen-bond donors (Lipinski definition) is 0. The second kappa shape index (κ2) is 7.64. The van der Waals surface area contributed by atoms with E-state index in [0.717, 1.165) is 16.4 Å². The van der Waals surface area contributed by atoms with Gasteiger partial charge in [-0.15, -0.1) is 13.2 Å². The van der Waals surface area contributed by atoms with E-state index in [4.69, 9.17) is 4.74 Å². The second-order valence-corrected chi connectivity index (χ2v) is 8.12. The van der Waals surface area contributed by atoms with Crippen LogP contribution in [0.4, 0.5) is 13.2 Å². The average molecular weight is 408 g/mol. The minimum absolute atomic E-state index is 0.132. The lowest BCUT2D eigenvalue weighted by molar-refractivity contribution is -0.274. The van der Waals surface area contributed by atoms with Crippen LogP contribution in [-0.4, -0.2) is 68.8 Å². The van der Waals surface area contributed by atoms with Crippen molar-refractivity contribution in [3.63, 3.8) is 0 Å². The first-order chi connectivity index (χ1) is 12.7. The molecule has 1 atom stereocenters. The van der Waals surface area contributed by atoms with Gasteiger partial charge in [0.15, 0.2) is 0 Å². The summed E-state index contributed by atoms with van der Waals surface area (Å²) in [5.74, 6) is -0.930. The summed E-state index contributed by atoms with van der Waals surface area (Å²) in [4.78, 5) is 14.0. The summed E-state index contributed by atoms with van der Waals surface area (Å²) in [6.07, 6.45) is -4.06. The van der Waals surface area contributed by atoms with E-state index in [-0.39, 0.29) is 17.3 Å². The molecule has 0 N–H and O–H groups in total. The Morgan fingerprint density at radius 2 is 1.89 bits per heavy atom. The van der Waals surface area contributed by atoms with E-state index >= 15 is 0 Å². The molecule has 0 spiro atoms. The van der Waals surface area contributed by atoms with E-state index in [2.05, 4.69) is 4.74 Å². The summed E-state index contributed by atoms with van der Waals surface area (Å²) >= 11 is 0. The van der Waals surface area contributed by atoms with Gasteiger partial charge in [0.1, 0.15) is 11.8 Å². The van der Waals surface area contributed by atoms with Crippen molar-refractivity contribution in [2.45, 2.75) is 30.1 Å². The van der Waals surface area contributed by atoms with Gasteiger partial charge in [0.05, 0.1) is 18.1 Å². The zero-order chi connectivity index (χ0) is 19.7. The lowest BCUT2D eigenvalue weighted by atomic mass is 10.2. The third-order valence-corrected chi connectivity index (χ3v) is 6.36. The first kappa shape index (κ1) is 19.9. The fraction of sp³-hybridized carbons (Fsp3) is 0.562. The summed E-state index contributed by atoms with van der Waals surface area (Å²) in [5.41, 5.74) is 0. The molecule has 2 saturated heterocycles. The van der Waals surface area contributed by atoms with Crippen LogP contribution in [0.3, 0.4) is 0 Å². The number of sulfonamides is 1. The average Bonchev–Trinajstić information content (AvgIpc) is 3.11. The van der Waals surface area contributed by atoms with Crippen LogP contribution in [0.2, 0.25) is 0 Å². The van der Waals surface area contributed by atoms with E-state index in [1.807, 2.05) is 0 Å². The van der Waals surface area contributed by atoms with Crippen LogP contribution in [0.25, 0.3) is 0 Å². The number of benzene rings is 1. The zero-order valence-electron chi connectivity index (χ0n) is 14.3. The Kier molecular flexibility index (Phi) is 5.63. The molecule has 1 aromatic rings. The van der Waals surface area contributed by atoms with E-state index in [1.165, 1.54) is 12.1 Å². The molecule has 2 fully saturated rings. The Bertz CT molecular complexity index is 793. The van der Waals surface area contributed by atoms with Gasteiger partial charge in [-0.3, -0.25) is 4.79 Å². The number of morpholine rings is 1. The number of carbonyl (C=O) groups excluding carboxylic acids is 1. The number of nitrogens with zero attached hydrogens (tertiary/aromatic N) is 2. The summed E-state index contributed by atoms with van der Waals surface area (Å²) < 4.78 is 73.2. The van der Waals surface area contributed by atoms with Crippen LogP contribution in [0.15, 0.2) is 29.2 Å². The van der Waals surface area contributed by atoms with E-state index in [0.29, 0.717) is 39.1 Å². The Balaban J connectivity index is 1.83. The molecule has 150 valence electrons. The van der Waals surface area contributed by atoms with Crippen LogP contribution < -0.4 is 4.74 Å². The van der Waals surface area contributed by atoms with Crippen LogP contribution in [0, 0.1) is 0 Å². The molecule has 0 aliphatic carbocycles. The molecule has 3 rings (SSSR count). The van der Waals surface area contributed by atoms with Crippen molar-refractivity contribution >= 4 is 15.9 Å². The summed E-state index contributed by atoms with van der Waals surface area (Å²) in [6, 6.07) is 3.33. The molecule has 0 unspecified atom stereocenters. The van der Waals surface area contributed by atoms with Crippen LogP contribution in [-0.2, 0) is 19.6 Å². The van der Waals surface area contributed by atoms with E-state index in [1.54, 1.807) is 4.90 Å². The highest BCUT2D eigenvalue weighted by atomic mass is 32.2. The zero-order valence-corrected chi connectivity index (χ0v) is 15.1. The van der Waals surface area contributed by atoms with Gasteiger partial charge in [0, 0.05) is 25.7 Å². The summed E-state index contributed by atoms with van der Waals surface area (Å²) in [7, 11) is -4.14. The van der Waals surface area contributed by atoms with Crippen molar-refractivity contribution in [2.24, 2.45) is 0 Å². The summed E-state index contributed by atoms with van der Waals surface area (Å²) in [5, 5.41) is 0. The smallest absolute Gasteiger partial charge is 0.406 e. The number of rotatable bonds is 4. The minimum atomic E-state index is -4.93. The molecule has 2 aliphatic heterocycles. The molecular weight excluding hydrogens is 389 g/mol. The topological polar surface area (TPSA) is 76.2 Å². The molecule has 0 bridgehead atoms. The molecule has 2 aliphatic rings. The minimum Gasteiger partial charge on any atom is -0.406 e. The highest BCUT2D eigenvalue weighted by molar-refractivity contribution is 7.89. The molecule has 7 nitrogen and oxygen atoms in total. The molecule has 2 heterocycles. The predicted molar refractivity (Wildman–Crippen MR) is 87.4 cm³/mol. The number of ether oxygens (including phenoxy) is 2. The Morgan fingerprint density at radius 3 is 2.56 bits per heavy atom. The fourth-order valence-electron chi connectivity index (χ4n) is 3.24. The number of amides is 1. The highest BCUT2D eigenvalue weighted by Gasteiger charge is 2.41. The van der Waals surface area contributed by atoms with Crippen molar-refractivity contribution < 1.29 is 35.9 Å². The van der Waals surface area contributed by atoms with Crippen LogP contribution in [0.1, 0.15) is 12.8 Å². The van der Waals surface area contributed by atoms with E-state index < -0.39 is 28.2 Å². The van der Waals surface area contributed by atoms with Crippen molar-refractivity contribution in [1.82, 2.24) is 9.21 Å². The molecule has 0 radical (unpaired) electrons. The normalized spacial score (nSPS) is 22.0. The molecular formula is C16H19F3N2O5S. The van der Waals surface area contributed by atoms with Crippen LogP contribution >= 0.6 is 0 Å². The van der Waals surface area contributed by atoms with Gasteiger partial charge in [-0.25, -0.2) is 8.42 Å². The maximum absolute atomic E-state index is 12.9. The van der Waals surface area contributed by atoms with Crippen LogP contribution in [0.5, 0.6) is 5.75 Å². The Hall–Kier alpha value is -1.85. The van der Waals surface area contributed by atoms with Gasteiger partial charge in [-0.2, -0.15) is 4.31 Å². The Morgan fingerprint density at radius 1 is 1.19 bits per heavy atom. The third kappa shape index (κ3) is 4.53. The SMILES string of the molecule is O=C([C@@H]1CCCN1S(=O)(=O)c1cccc(OC(F)(F)F)c1)N1CCOCC1. The maximum atomic E-state index is 12.9. The van der Waals surface area contributed by atoms with Gasteiger partial charge in [-0.05, 0) is 25.0 Å². The van der Waals surface area contributed by atoms with E-state index in [9.17, 15) is 26.4 Å². The number of alkyl halides is 3. The highest BCUT2D eigenvalue weighted by Crippen LogP contribution is 2.30. The Labute approximate surface area is 154 Å². The van der Waals surface area contributed by atoms with Crippen molar-refractivity contribution in [1.29, 1.82) is 0 Å². The van der Waals surface area contributed by atoms with Gasteiger partial charge in [0.2, 0.25) is 15.9 Å². The quantitative estimate of drug-likeness (QED) is 0.757. The first-order valence-electron chi connectivity index (χ1n) is 8.43. The second-order valence-electron chi connectivity index (χ2n) is 6.23. The van der Waals surface area contributed by atoms with Crippen molar-refractivity contribution in [3.05, 3.63) is 24.3 Å². The van der Waals surface area contributed by atoms with Gasteiger partial charge < -0.3 is 14.4 Å². The summed E-state index contributed by atoms with van der Waals surface area (Å²) in [6.45, 7) is 1.69. The van der Waals surface area contributed by atoms with Gasteiger partial charge >= 0.3 is 6.36 Å². The van der Waals surface area contributed by atoms with Gasteiger partial charge in [-0.1, -0.05) is 6.07 Å². The lowest BCUT2D eigenvalue weighted by Crippen LogP contribution is -2.50. The molecule has 1 aromatic carbocycles. The monoisotopic (exact) mass is 408 g/mol. The third-order valence-electron chi connectivity index (χ3n) is 4.46. The molecule has 27 heavy (non-hydrogen) atoms. The van der Waals surface area contributed by atoms with Crippen molar-refractivity contribution in [2.75, 3.05) is 32.8 Å². The van der Waals surface area contributed by atoms with Gasteiger partial charge in [0.25, 0.3) is 0 Å². The molecule has 11 heteroatoms. The number of carbonyl (C=O) groups is 1. The first-order valence-corrected chi connectivity index (χ1v) is 9.87. The lowest BCUT2D eigenvalue weighted by Gasteiger charge is -2.32. The molecule has 0 aromatic heterocycles. The standard InChI is InChI=1S/C16H19F3N2O5S/c17-16(18,19)26-12-3-1-4-13(11-12)27(23,24)21-6-2-5-14(21)15(22)20-7-9-25-10-8-20/h1,3-4,11,14H,2,5-10H2/t14-/m0/s1. The number of halogens is 3. The largest absolute Gasteiger partial charge is 0.573 e.